The SMILES string of the molecule is CNS(=O)(=O)c1ccc2c(O)cccc2c1. The molecule has 0 aliphatic carbocycles. The lowest BCUT2D eigenvalue weighted by molar-refractivity contribution is 0.481. The summed E-state index contributed by atoms with van der Waals surface area (Å²) in [5.41, 5.74) is 0. The van der Waals surface area contributed by atoms with Gasteiger partial charge < -0.3 is 5.11 Å². The number of aromatic hydroxyl groups is 1. The number of hydrogen-bond acceptors (Lipinski definition) is 3. The highest BCUT2D eigenvalue weighted by Gasteiger charge is 2.11. The highest BCUT2D eigenvalue weighted by molar-refractivity contribution is 7.89. The van der Waals surface area contributed by atoms with Crippen molar-refractivity contribution in [2.75, 3.05) is 7.05 Å². The third kappa shape index (κ3) is 1.75. The van der Waals surface area contributed by atoms with E-state index in [9.17, 15) is 13.5 Å². The third-order valence-corrected chi connectivity index (χ3v) is 3.82. The van der Waals surface area contributed by atoms with Crippen LogP contribution in [-0.4, -0.2) is 20.6 Å². The van der Waals surface area contributed by atoms with Crippen molar-refractivity contribution in [3.05, 3.63) is 36.4 Å². The predicted molar refractivity (Wildman–Crippen MR) is 61.9 cm³/mol. The molecule has 0 saturated carbocycles. The van der Waals surface area contributed by atoms with Crippen LogP contribution >= 0.6 is 0 Å². The fraction of sp³-hybridized carbons (Fsp3) is 0.0909. The van der Waals surface area contributed by atoms with Gasteiger partial charge in [-0.05, 0) is 36.7 Å². The Bertz CT molecular complexity index is 635. The Morgan fingerprint density at radius 1 is 1.19 bits per heavy atom. The van der Waals surface area contributed by atoms with E-state index >= 15 is 0 Å². The van der Waals surface area contributed by atoms with Crippen molar-refractivity contribution < 1.29 is 13.5 Å². The first kappa shape index (κ1) is 10.9. The van der Waals surface area contributed by atoms with E-state index in [-0.39, 0.29) is 10.6 Å². The summed E-state index contributed by atoms with van der Waals surface area (Å²) in [5.74, 6) is 0.144. The zero-order chi connectivity index (χ0) is 11.8. The highest BCUT2D eigenvalue weighted by atomic mass is 32.2. The van der Waals surface area contributed by atoms with E-state index in [0.717, 1.165) is 0 Å². The molecule has 84 valence electrons. The fourth-order valence-corrected chi connectivity index (χ4v) is 2.29. The second-order valence-corrected chi connectivity index (χ2v) is 5.25. The van der Waals surface area contributed by atoms with Crippen LogP contribution in [0.3, 0.4) is 0 Å². The molecule has 0 saturated heterocycles. The molecule has 0 heterocycles. The molecule has 0 bridgehead atoms. The quantitative estimate of drug-likeness (QED) is 0.830. The summed E-state index contributed by atoms with van der Waals surface area (Å²) in [6.45, 7) is 0. The molecule has 0 amide bonds. The first-order chi connectivity index (χ1) is 7.54. The Balaban J connectivity index is 2.71. The molecule has 0 aromatic heterocycles. The number of phenols is 1. The Morgan fingerprint density at radius 3 is 2.62 bits per heavy atom. The number of fused-ring (bicyclic) bond motifs is 1. The summed E-state index contributed by atoms with van der Waals surface area (Å²) < 4.78 is 25.4. The van der Waals surface area contributed by atoms with Crippen molar-refractivity contribution in [1.82, 2.24) is 4.72 Å². The Kier molecular flexibility index (Phi) is 2.57. The maximum Gasteiger partial charge on any atom is 0.240 e. The summed E-state index contributed by atoms with van der Waals surface area (Å²) in [6.07, 6.45) is 0. The molecule has 0 aliphatic heterocycles. The van der Waals surface area contributed by atoms with Crippen LogP contribution in [0.15, 0.2) is 41.3 Å². The Hall–Kier alpha value is -1.59. The molecule has 0 fully saturated rings. The van der Waals surface area contributed by atoms with E-state index in [1.54, 1.807) is 24.3 Å². The van der Waals surface area contributed by atoms with E-state index in [1.165, 1.54) is 19.2 Å². The van der Waals surface area contributed by atoms with Crippen LogP contribution in [0.1, 0.15) is 0 Å². The van der Waals surface area contributed by atoms with Gasteiger partial charge >= 0.3 is 0 Å². The van der Waals surface area contributed by atoms with Crippen molar-refractivity contribution in [2.45, 2.75) is 4.90 Å². The van der Waals surface area contributed by atoms with Crippen LogP contribution in [0.25, 0.3) is 10.8 Å². The predicted octanol–water partition coefficient (Wildman–Crippen LogP) is 1.45. The standard InChI is InChI=1S/C11H11NO3S/c1-12-16(14,15)9-5-6-10-8(7-9)3-2-4-11(10)13/h2-7,12-13H,1H3. The van der Waals surface area contributed by atoms with Crippen molar-refractivity contribution in [3.63, 3.8) is 0 Å². The van der Waals surface area contributed by atoms with Crippen LogP contribution in [-0.2, 0) is 10.0 Å². The minimum atomic E-state index is -3.43. The highest BCUT2D eigenvalue weighted by Crippen LogP contribution is 2.26. The number of hydrogen-bond donors (Lipinski definition) is 2. The van der Waals surface area contributed by atoms with Gasteiger partial charge in [0.05, 0.1) is 4.90 Å². The van der Waals surface area contributed by atoms with Gasteiger partial charge in [-0.25, -0.2) is 13.1 Å². The number of rotatable bonds is 2. The molecule has 2 N–H and O–H groups in total. The molecule has 0 spiro atoms. The van der Waals surface area contributed by atoms with Crippen molar-refractivity contribution in [3.8, 4) is 5.75 Å². The lowest BCUT2D eigenvalue weighted by Gasteiger charge is -2.05. The van der Waals surface area contributed by atoms with E-state index < -0.39 is 10.0 Å². The van der Waals surface area contributed by atoms with Gasteiger partial charge in [0.2, 0.25) is 10.0 Å². The van der Waals surface area contributed by atoms with Gasteiger partial charge in [-0.3, -0.25) is 0 Å². The molecule has 0 radical (unpaired) electrons. The van der Waals surface area contributed by atoms with Crippen LogP contribution in [0.5, 0.6) is 5.75 Å². The van der Waals surface area contributed by atoms with Crippen LogP contribution in [0.2, 0.25) is 0 Å². The Labute approximate surface area is 93.6 Å². The molecular weight excluding hydrogens is 226 g/mol. The maximum atomic E-state index is 11.6. The number of nitrogens with one attached hydrogen (secondary N) is 1. The lowest BCUT2D eigenvalue weighted by Crippen LogP contribution is -2.18. The molecule has 5 heteroatoms. The van der Waals surface area contributed by atoms with Gasteiger partial charge in [0, 0.05) is 5.39 Å². The average Bonchev–Trinajstić information content (AvgIpc) is 2.29. The Morgan fingerprint density at radius 2 is 1.94 bits per heavy atom. The van der Waals surface area contributed by atoms with Crippen LogP contribution < -0.4 is 4.72 Å². The maximum absolute atomic E-state index is 11.6. The van der Waals surface area contributed by atoms with E-state index in [2.05, 4.69) is 4.72 Å². The molecule has 0 aliphatic rings. The van der Waals surface area contributed by atoms with Gasteiger partial charge in [-0.15, -0.1) is 0 Å². The lowest BCUT2D eigenvalue weighted by atomic mass is 10.1. The molecule has 4 nitrogen and oxygen atoms in total. The van der Waals surface area contributed by atoms with Gasteiger partial charge in [0.25, 0.3) is 0 Å². The van der Waals surface area contributed by atoms with Gasteiger partial charge in [-0.1, -0.05) is 12.1 Å². The van der Waals surface area contributed by atoms with Gasteiger partial charge in [-0.2, -0.15) is 0 Å². The summed E-state index contributed by atoms with van der Waals surface area (Å²) in [4.78, 5) is 0.188. The summed E-state index contributed by atoms with van der Waals surface area (Å²) >= 11 is 0. The molecule has 2 aromatic rings. The first-order valence-electron chi connectivity index (χ1n) is 4.70. The monoisotopic (exact) mass is 237 g/mol. The number of phenolic OH excluding ortho intramolecular Hbond substituents is 1. The molecule has 0 unspecified atom stereocenters. The van der Waals surface area contributed by atoms with E-state index in [1.807, 2.05) is 0 Å². The van der Waals surface area contributed by atoms with Crippen LogP contribution in [0, 0.1) is 0 Å². The smallest absolute Gasteiger partial charge is 0.240 e. The van der Waals surface area contributed by atoms with E-state index in [4.69, 9.17) is 0 Å². The zero-order valence-electron chi connectivity index (χ0n) is 8.64. The molecule has 2 rings (SSSR count). The second-order valence-electron chi connectivity index (χ2n) is 3.37. The van der Waals surface area contributed by atoms with Crippen LogP contribution in [0.4, 0.5) is 0 Å². The average molecular weight is 237 g/mol. The minimum absolute atomic E-state index is 0.144. The number of sulfonamides is 1. The summed E-state index contributed by atoms with van der Waals surface area (Å²) in [6, 6.07) is 9.58. The topological polar surface area (TPSA) is 66.4 Å². The molecule has 0 atom stereocenters. The minimum Gasteiger partial charge on any atom is -0.507 e. The zero-order valence-corrected chi connectivity index (χ0v) is 9.45. The van der Waals surface area contributed by atoms with Crippen molar-refractivity contribution >= 4 is 20.8 Å². The summed E-state index contributed by atoms with van der Waals surface area (Å²) in [7, 11) is -2.07. The number of benzene rings is 2. The fourth-order valence-electron chi connectivity index (χ4n) is 1.53. The first-order valence-corrected chi connectivity index (χ1v) is 6.18. The normalized spacial score (nSPS) is 11.8. The van der Waals surface area contributed by atoms with Gasteiger partial charge in [0.15, 0.2) is 0 Å². The second kappa shape index (κ2) is 3.77. The van der Waals surface area contributed by atoms with Gasteiger partial charge in [0.1, 0.15) is 5.75 Å². The third-order valence-electron chi connectivity index (χ3n) is 2.41. The molecule has 16 heavy (non-hydrogen) atoms. The van der Waals surface area contributed by atoms with E-state index in [0.29, 0.717) is 10.8 Å². The van der Waals surface area contributed by atoms with Crippen molar-refractivity contribution in [2.24, 2.45) is 0 Å². The largest absolute Gasteiger partial charge is 0.507 e. The van der Waals surface area contributed by atoms with Crippen molar-refractivity contribution in [1.29, 1.82) is 0 Å². The molecular formula is C11H11NO3S. The summed E-state index contributed by atoms with van der Waals surface area (Å²) in [5, 5.41) is 10.9. The molecule has 2 aromatic carbocycles.